The molecule has 2 aromatic heterocycles. The number of nitrogens with one attached hydrogen (secondary N) is 1. The van der Waals surface area contributed by atoms with Crippen molar-refractivity contribution in [2.75, 3.05) is 11.1 Å². The van der Waals surface area contributed by atoms with E-state index < -0.39 is 0 Å². The second-order valence-corrected chi connectivity index (χ2v) is 8.22. The summed E-state index contributed by atoms with van der Waals surface area (Å²) in [4.78, 5) is 31.5. The van der Waals surface area contributed by atoms with Crippen molar-refractivity contribution in [3.63, 3.8) is 0 Å². The molecular formula is C19H18ClN3O2S2. The summed E-state index contributed by atoms with van der Waals surface area (Å²) in [5, 5.41) is 4.55. The van der Waals surface area contributed by atoms with Crippen LogP contribution in [-0.2, 0) is 17.8 Å². The average Bonchev–Trinajstić information content (AvgIpc) is 3.08. The maximum atomic E-state index is 12.8. The lowest BCUT2D eigenvalue weighted by Crippen LogP contribution is -2.23. The van der Waals surface area contributed by atoms with Crippen molar-refractivity contribution in [1.29, 1.82) is 0 Å². The van der Waals surface area contributed by atoms with Gasteiger partial charge in [0.05, 0.1) is 11.1 Å². The zero-order chi connectivity index (χ0) is 19.4. The molecule has 0 aliphatic rings. The van der Waals surface area contributed by atoms with E-state index >= 15 is 0 Å². The van der Waals surface area contributed by atoms with Gasteiger partial charge in [-0.2, -0.15) is 0 Å². The fraction of sp³-hybridized carbons (Fsp3) is 0.211. The van der Waals surface area contributed by atoms with Crippen LogP contribution in [0.4, 0.5) is 5.69 Å². The number of hydrogen-bond acceptors (Lipinski definition) is 5. The Labute approximate surface area is 170 Å². The summed E-state index contributed by atoms with van der Waals surface area (Å²) >= 11 is 8.60. The van der Waals surface area contributed by atoms with Gasteiger partial charge in [-0.1, -0.05) is 36.4 Å². The average molecular weight is 420 g/mol. The first-order valence-electron chi connectivity index (χ1n) is 8.34. The Morgan fingerprint density at radius 2 is 2.15 bits per heavy atom. The number of benzene rings is 1. The third kappa shape index (κ3) is 4.61. The molecule has 0 unspecified atom stereocenters. The summed E-state index contributed by atoms with van der Waals surface area (Å²) in [5.41, 5.74) is 0.569. The summed E-state index contributed by atoms with van der Waals surface area (Å²) in [5.74, 6) is -0.0359. The molecule has 0 aliphatic carbocycles. The van der Waals surface area contributed by atoms with Crippen molar-refractivity contribution in [2.45, 2.75) is 25.0 Å². The van der Waals surface area contributed by atoms with Crippen LogP contribution in [0.3, 0.4) is 0 Å². The van der Waals surface area contributed by atoms with Crippen LogP contribution >= 0.6 is 34.7 Å². The standard InChI is InChI=1S/C19H18ClN3O2S2/c1-3-9-23-18(25)15-10-14(4-2)27-17(15)22-19(23)26-11-16(24)21-13-7-5-12(20)6-8-13/h3,5-8,10H,1,4,9,11H2,2H3,(H,21,24). The number of thioether (sulfide) groups is 1. The van der Waals surface area contributed by atoms with Crippen LogP contribution < -0.4 is 10.9 Å². The van der Waals surface area contributed by atoms with E-state index in [1.54, 1.807) is 34.9 Å². The highest BCUT2D eigenvalue weighted by Crippen LogP contribution is 2.25. The van der Waals surface area contributed by atoms with Gasteiger partial charge in [0.2, 0.25) is 5.91 Å². The molecule has 1 amide bonds. The fourth-order valence-corrected chi connectivity index (χ4v) is 4.43. The maximum Gasteiger partial charge on any atom is 0.263 e. The molecule has 0 radical (unpaired) electrons. The van der Waals surface area contributed by atoms with Crippen LogP contribution in [0, 0.1) is 0 Å². The second-order valence-electron chi connectivity index (χ2n) is 5.73. The number of allylic oxidation sites excluding steroid dienone is 1. The summed E-state index contributed by atoms with van der Waals surface area (Å²) in [6.45, 7) is 6.11. The summed E-state index contributed by atoms with van der Waals surface area (Å²) in [6.07, 6.45) is 2.51. The van der Waals surface area contributed by atoms with E-state index in [1.165, 1.54) is 23.1 Å². The molecule has 0 atom stereocenters. The van der Waals surface area contributed by atoms with Crippen molar-refractivity contribution in [2.24, 2.45) is 0 Å². The lowest BCUT2D eigenvalue weighted by atomic mass is 10.3. The highest BCUT2D eigenvalue weighted by atomic mass is 35.5. The van der Waals surface area contributed by atoms with Crippen molar-refractivity contribution >= 4 is 56.5 Å². The van der Waals surface area contributed by atoms with Crippen LogP contribution in [0.2, 0.25) is 5.02 Å². The third-order valence-corrected chi connectivity index (χ3v) is 6.19. The number of halogens is 1. The number of thiophene rings is 1. The van der Waals surface area contributed by atoms with Crippen molar-refractivity contribution < 1.29 is 4.79 Å². The largest absolute Gasteiger partial charge is 0.325 e. The minimum Gasteiger partial charge on any atom is -0.325 e. The van der Waals surface area contributed by atoms with Gasteiger partial charge in [-0.3, -0.25) is 14.2 Å². The molecule has 3 aromatic rings. The monoisotopic (exact) mass is 419 g/mol. The fourth-order valence-electron chi connectivity index (χ4n) is 2.48. The van der Waals surface area contributed by atoms with Crippen molar-refractivity contribution in [3.05, 3.63) is 63.2 Å². The lowest BCUT2D eigenvalue weighted by Gasteiger charge is -2.10. The molecule has 27 heavy (non-hydrogen) atoms. The molecule has 1 N–H and O–H groups in total. The minimum absolute atomic E-state index is 0.101. The molecule has 2 heterocycles. The van der Waals surface area contributed by atoms with Crippen LogP contribution in [0.1, 0.15) is 11.8 Å². The van der Waals surface area contributed by atoms with E-state index in [2.05, 4.69) is 16.9 Å². The lowest BCUT2D eigenvalue weighted by molar-refractivity contribution is -0.113. The number of carbonyl (C=O) groups excluding carboxylic acids is 1. The molecule has 140 valence electrons. The highest BCUT2D eigenvalue weighted by molar-refractivity contribution is 7.99. The molecule has 5 nitrogen and oxygen atoms in total. The Bertz CT molecular complexity index is 1040. The van der Waals surface area contributed by atoms with Gasteiger partial charge in [0.15, 0.2) is 5.16 Å². The van der Waals surface area contributed by atoms with E-state index in [1.807, 2.05) is 13.0 Å². The number of aryl methyl sites for hydroxylation is 1. The number of rotatable bonds is 7. The van der Waals surface area contributed by atoms with E-state index in [9.17, 15) is 9.59 Å². The van der Waals surface area contributed by atoms with Crippen molar-refractivity contribution in [3.8, 4) is 0 Å². The number of anilines is 1. The number of amides is 1. The summed E-state index contributed by atoms with van der Waals surface area (Å²) in [7, 11) is 0. The van der Waals surface area contributed by atoms with Gasteiger partial charge in [0.1, 0.15) is 4.83 Å². The Kier molecular flexibility index (Phi) is 6.36. The molecule has 0 saturated carbocycles. The topological polar surface area (TPSA) is 64.0 Å². The predicted octanol–water partition coefficient (Wildman–Crippen LogP) is 4.59. The first-order chi connectivity index (χ1) is 13.0. The predicted molar refractivity (Wildman–Crippen MR) is 114 cm³/mol. The molecule has 0 fully saturated rings. The van der Waals surface area contributed by atoms with Crippen LogP contribution in [0.25, 0.3) is 10.2 Å². The van der Waals surface area contributed by atoms with Gasteiger partial charge in [-0.05, 0) is 36.8 Å². The van der Waals surface area contributed by atoms with Crippen LogP contribution in [0.5, 0.6) is 0 Å². The number of aromatic nitrogens is 2. The van der Waals surface area contributed by atoms with Crippen LogP contribution in [0.15, 0.2) is 52.9 Å². The van der Waals surface area contributed by atoms with Gasteiger partial charge in [0, 0.05) is 22.1 Å². The van der Waals surface area contributed by atoms with Gasteiger partial charge in [-0.15, -0.1) is 17.9 Å². The van der Waals surface area contributed by atoms with Gasteiger partial charge in [-0.25, -0.2) is 4.98 Å². The third-order valence-electron chi connectivity index (χ3n) is 3.79. The molecule has 0 spiro atoms. The number of hydrogen-bond donors (Lipinski definition) is 1. The minimum atomic E-state index is -0.178. The first-order valence-corrected chi connectivity index (χ1v) is 10.5. The molecular weight excluding hydrogens is 402 g/mol. The molecule has 0 bridgehead atoms. The molecule has 0 aliphatic heterocycles. The first kappa shape index (κ1) is 19.7. The molecule has 8 heteroatoms. The number of nitrogens with zero attached hydrogens (tertiary/aromatic N) is 2. The molecule has 1 aromatic carbocycles. The summed E-state index contributed by atoms with van der Waals surface area (Å²) < 4.78 is 1.56. The Morgan fingerprint density at radius 1 is 1.41 bits per heavy atom. The Morgan fingerprint density at radius 3 is 2.81 bits per heavy atom. The normalized spacial score (nSPS) is 10.9. The highest BCUT2D eigenvalue weighted by Gasteiger charge is 2.15. The van der Waals surface area contributed by atoms with Crippen molar-refractivity contribution in [1.82, 2.24) is 9.55 Å². The molecule has 0 saturated heterocycles. The summed E-state index contributed by atoms with van der Waals surface area (Å²) in [6, 6.07) is 8.80. The smallest absolute Gasteiger partial charge is 0.263 e. The molecule has 3 rings (SSSR count). The second kappa shape index (κ2) is 8.73. The van der Waals surface area contributed by atoms with Gasteiger partial charge in [0.25, 0.3) is 5.56 Å². The maximum absolute atomic E-state index is 12.8. The Balaban J connectivity index is 1.81. The quantitative estimate of drug-likeness (QED) is 0.345. The van der Waals surface area contributed by atoms with Gasteiger partial charge >= 0.3 is 0 Å². The SMILES string of the molecule is C=CCn1c(SCC(=O)Nc2ccc(Cl)cc2)nc2sc(CC)cc2c1=O. The van der Waals surface area contributed by atoms with E-state index in [0.29, 0.717) is 32.6 Å². The van der Waals surface area contributed by atoms with Gasteiger partial charge < -0.3 is 5.32 Å². The van der Waals surface area contributed by atoms with E-state index in [-0.39, 0.29) is 17.2 Å². The Hall–Kier alpha value is -2.09. The van der Waals surface area contributed by atoms with Crippen LogP contribution in [-0.4, -0.2) is 21.2 Å². The zero-order valence-electron chi connectivity index (χ0n) is 14.7. The van der Waals surface area contributed by atoms with E-state index in [0.717, 1.165) is 11.3 Å². The number of carbonyl (C=O) groups is 1. The number of fused-ring (bicyclic) bond motifs is 1. The zero-order valence-corrected chi connectivity index (χ0v) is 17.1. The van der Waals surface area contributed by atoms with E-state index in [4.69, 9.17) is 11.6 Å².